The van der Waals surface area contributed by atoms with Crippen LogP contribution in [0.5, 0.6) is 0 Å². The van der Waals surface area contributed by atoms with E-state index in [0.29, 0.717) is 30.5 Å². The number of Topliss-reactive ketones (excluding diaryl/α,β-unsaturated/α-hetero) is 1. The van der Waals surface area contributed by atoms with Gasteiger partial charge in [0, 0.05) is 18.4 Å². The van der Waals surface area contributed by atoms with Crippen LogP contribution in [0.25, 0.3) is 0 Å². The van der Waals surface area contributed by atoms with E-state index in [1.54, 1.807) is 0 Å². The molecule has 0 radical (unpaired) electrons. The summed E-state index contributed by atoms with van der Waals surface area (Å²) in [6, 6.07) is 7.89. The van der Waals surface area contributed by atoms with Gasteiger partial charge in [-0.15, -0.1) is 0 Å². The van der Waals surface area contributed by atoms with Gasteiger partial charge < -0.3 is 10.3 Å². The first kappa shape index (κ1) is 17.8. The Morgan fingerprint density at radius 2 is 1.92 bits per heavy atom. The second-order valence-electron chi connectivity index (χ2n) is 7.59. The molecule has 1 heterocycles. The molecule has 0 bridgehead atoms. The largest absolute Gasteiger partial charge is 0.339 e. The molecule has 5 nitrogen and oxygen atoms in total. The molecule has 0 amide bonds. The van der Waals surface area contributed by atoms with Crippen molar-refractivity contribution in [1.82, 2.24) is 10.1 Å². The van der Waals surface area contributed by atoms with Crippen molar-refractivity contribution in [3.8, 4) is 0 Å². The van der Waals surface area contributed by atoms with Gasteiger partial charge in [-0.25, -0.2) is 0 Å². The van der Waals surface area contributed by atoms with Gasteiger partial charge in [0.2, 0.25) is 5.89 Å². The first-order valence-corrected chi connectivity index (χ1v) is 9.20. The van der Waals surface area contributed by atoms with E-state index in [4.69, 9.17) is 10.3 Å². The summed E-state index contributed by atoms with van der Waals surface area (Å²) in [5, 5.41) is 4.04. The van der Waals surface area contributed by atoms with Gasteiger partial charge in [-0.05, 0) is 30.7 Å². The molecule has 0 atom stereocenters. The molecule has 0 aliphatic heterocycles. The third-order valence-electron chi connectivity index (χ3n) is 4.89. The van der Waals surface area contributed by atoms with Crippen LogP contribution in [-0.4, -0.2) is 15.9 Å². The van der Waals surface area contributed by atoms with Gasteiger partial charge in [-0.2, -0.15) is 4.98 Å². The minimum Gasteiger partial charge on any atom is -0.339 e. The molecule has 2 aromatic rings. The van der Waals surface area contributed by atoms with Crippen molar-refractivity contribution in [2.45, 2.75) is 64.3 Å². The Bertz CT molecular complexity index is 713. The number of benzene rings is 1. The SMILES string of the molecule is CC(C)Cc1ccc(C(=O)CCc2nc(C3(N)CCCC3)no2)cc1. The monoisotopic (exact) mass is 341 g/mol. The lowest BCUT2D eigenvalue weighted by Gasteiger charge is -2.17. The first-order chi connectivity index (χ1) is 12.0. The highest BCUT2D eigenvalue weighted by Crippen LogP contribution is 2.34. The van der Waals surface area contributed by atoms with Crippen molar-refractivity contribution in [3.05, 3.63) is 47.1 Å². The molecule has 0 saturated heterocycles. The topological polar surface area (TPSA) is 82.0 Å². The normalized spacial score (nSPS) is 16.5. The number of carbonyl (C=O) groups excluding carboxylic acids is 1. The fraction of sp³-hybridized carbons (Fsp3) is 0.550. The van der Waals surface area contributed by atoms with Gasteiger partial charge >= 0.3 is 0 Å². The number of nitrogens with two attached hydrogens (primary N) is 1. The standard InChI is InChI=1S/C20H27N3O2/c1-14(2)13-15-5-7-16(8-6-15)17(24)9-10-18-22-19(23-25-18)20(21)11-3-4-12-20/h5-8,14H,3-4,9-13,21H2,1-2H3. The first-order valence-electron chi connectivity index (χ1n) is 9.20. The minimum absolute atomic E-state index is 0.0965. The van der Waals surface area contributed by atoms with Crippen molar-refractivity contribution >= 4 is 5.78 Å². The van der Waals surface area contributed by atoms with E-state index in [9.17, 15) is 4.79 Å². The molecule has 0 spiro atoms. The van der Waals surface area contributed by atoms with E-state index in [1.165, 1.54) is 5.56 Å². The number of rotatable bonds is 7. The Morgan fingerprint density at radius 1 is 1.24 bits per heavy atom. The lowest BCUT2D eigenvalue weighted by Crippen LogP contribution is -2.34. The van der Waals surface area contributed by atoms with E-state index < -0.39 is 5.54 Å². The van der Waals surface area contributed by atoms with Crippen molar-refractivity contribution in [3.63, 3.8) is 0 Å². The zero-order chi connectivity index (χ0) is 17.9. The lowest BCUT2D eigenvalue weighted by molar-refractivity contribution is 0.0979. The molecule has 1 saturated carbocycles. The number of aryl methyl sites for hydroxylation is 1. The molecule has 5 heteroatoms. The van der Waals surface area contributed by atoms with Crippen LogP contribution < -0.4 is 5.73 Å². The van der Waals surface area contributed by atoms with E-state index in [-0.39, 0.29) is 5.78 Å². The maximum atomic E-state index is 12.4. The number of hydrogen-bond donors (Lipinski definition) is 1. The number of ketones is 1. The summed E-state index contributed by atoms with van der Waals surface area (Å²) in [4.78, 5) is 16.8. The van der Waals surface area contributed by atoms with Crippen LogP contribution in [0.2, 0.25) is 0 Å². The third-order valence-corrected chi connectivity index (χ3v) is 4.89. The Hall–Kier alpha value is -2.01. The summed E-state index contributed by atoms with van der Waals surface area (Å²) in [6.07, 6.45) is 5.84. The molecule has 1 aromatic heterocycles. The maximum Gasteiger partial charge on any atom is 0.227 e. The second kappa shape index (κ2) is 7.48. The highest BCUT2D eigenvalue weighted by molar-refractivity contribution is 5.96. The van der Waals surface area contributed by atoms with Crippen molar-refractivity contribution in [2.75, 3.05) is 0 Å². The average Bonchev–Trinajstić information content (AvgIpc) is 3.23. The molecular formula is C20H27N3O2. The van der Waals surface area contributed by atoms with Gasteiger partial charge in [0.05, 0.1) is 5.54 Å². The Morgan fingerprint density at radius 3 is 2.56 bits per heavy atom. The van der Waals surface area contributed by atoms with Crippen LogP contribution in [0.4, 0.5) is 0 Å². The fourth-order valence-corrected chi connectivity index (χ4v) is 3.45. The average molecular weight is 341 g/mol. The molecule has 0 unspecified atom stereocenters. The number of hydrogen-bond acceptors (Lipinski definition) is 5. The quantitative estimate of drug-likeness (QED) is 0.774. The molecule has 134 valence electrons. The van der Waals surface area contributed by atoms with Crippen molar-refractivity contribution < 1.29 is 9.32 Å². The number of aromatic nitrogens is 2. The fourth-order valence-electron chi connectivity index (χ4n) is 3.45. The van der Waals surface area contributed by atoms with Gasteiger partial charge in [-0.1, -0.05) is 56.1 Å². The van der Waals surface area contributed by atoms with Crippen LogP contribution in [-0.2, 0) is 18.4 Å². The van der Waals surface area contributed by atoms with Gasteiger partial charge in [-0.3, -0.25) is 4.79 Å². The van der Waals surface area contributed by atoms with Crippen molar-refractivity contribution in [1.29, 1.82) is 0 Å². The summed E-state index contributed by atoms with van der Waals surface area (Å²) < 4.78 is 5.30. The van der Waals surface area contributed by atoms with Gasteiger partial charge in [0.25, 0.3) is 0 Å². The number of nitrogens with zero attached hydrogens (tertiary/aromatic N) is 2. The minimum atomic E-state index is -0.446. The predicted molar refractivity (Wildman–Crippen MR) is 96.3 cm³/mol. The third kappa shape index (κ3) is 4.34. The summed E-state index contributed by atoms with van der Waals surface area (Å²) in [5.41, 5.74) is 7.89. The highest BCUT2D eigenvalue weighted by Gasteiger charge is 2.35. The van der Waals surface area contributed by atoms with E-state index in [2.05, 4.69) is 24.0 Å². The molecule has 1 aliphatic carbocycles. The van der Waals surface area contributed by atoms with Crippen LogP contribution in [0.3, 0.4) is 0 Å². The molecule has 1 aromatic carbocycles. The Labute approximate surface area is 149 Å². The van der Waals surface area contributed by atoms with Crippen LogP contribution >= 0.6 is 0 Å². The van der Waals surface area contributed by atoms with E-state index >= 15 is 0 Å². The Balaban J connectivity index is 1.56. The molecule has 1 fully saturated rings. The number of carbonyl (C=O) groups is 1. The molecular weight excluding hydrogens is 314 g/mol. The van der Waals surface area contributed by atoms with E-state index in [0.717, 1.165) is 37.7 Å². The second-order valence-corrected chi connectivity index (χ2v) is 7.59. The maximum absolute atomic E-state index is 12.4. The van der Waals surface area contributed by atoms with E-state index in [1.807, 2.05) is 24.3 Å². The van der Waals surface area contributed by atoms with Crippen LogP contribution in [0, 0.1) is 5.92 Å². The summed E-state index contributed by atoms with van der Waals surface area (Å²) >= 11 is 0. The molecule has 3 rings (SSSR count). The zero-order valence-corrected chi connectivity index (χ0v) is 15.1. The van der Waals surface area contributed by atoms with Crippen molar-refractivity contribution in [2.24, 2.45) is 11.7 Å². The summed E-state index contributed by atoms with van der Waals surface area (Å²) in [7, 11) is 0. The summed E-state index contributed by atoms with van der Waals surface area (Å²) in [6.45, 7) is 4.38. The van der Waals surface area contributed by atoms with Crippen LogP contribution in [0.1, 0.15) is 73.6 Å². The van der Waals surface area contributed by atoms with Crippen LogP contribution in [0.15, 0.2) is 28.8 Å². The molecule has 25 heavy (non-hydrogen) atoms. The lowest BCUT2D eigenvalue weighted by atomic mass is 9.98. The highest BCUT2D eigenvalue weighted by atomic mass is 16.5. The molecule has 1 aliphatic rings. The smallest absolute Gasteiger partial charge is 0.227 e. The summed E-state index contributed by atoms with van der Waals surface area (Å²) in [5.74, 6) is 1.79. The van der Waals surface area contributed by atoms with Gasteiger partial charge in [0.15, 0.2) is 11.6 Å². The Kier molecular flexibility index (Phi) is 5.33. The zero-order valence-electron chi connectivity index (χ0n) is 15.1. The molecule has 2 N–H and O–H groups in total. The van der Waals surface area contributed by atoms with Gasteiger partial charge in [0.1, 0.15) is 0 Å². The predicted octanol–water partition coefficient (Wildman–Crippen LogP) is 3.81.